The van der Waals surface area contributed by atoms with Crippen molar-refractivity contribution in [1.29, 1.82) is 0 Å². The maximum absolute atomic E-state index is 11.7. The molecule has 0 radical (unpaired) electrons. The Morgan fingerprint density at radius 1 is 1.24 bits per heavy atom. The highest BCUT2D eigenvalue weighted by Crippen LogP contribution is 2.07. The molecule has 0 unspecified atom stereocenters. The van der Waals surface area contributed by atoms with Crippen molar-refractivity contribution in [2.75, 3.05) is 10.5 Å². The molecule has 0 atom stereocenters. The number of hydrogen-bond donors (Lipinski definition) is 2. The summed E-state index contributed by atoms with van der Waals surface area (Å²) in [5.74, 6) is 0.0577. The van der Waals surface area contributed by atoms with Crippen molar-refractivity contribution in [3.05, 3.63) is 48.3 Å². The number of aromatic nitrogens is 2. The van der Waals surface area contributed by atoms with Crippen molar-refractivity contribution in [3.63, 3.8) is 0 Å². The van der Waals surface area contributed by atoms with Crippen LogP contribution in [0.4, 0.5) is 5.69 Å². The highest BCUT2D eigenvalue weighted by atomic mass is 32.2. The van der Waals surface area contributed by atoms with Crippen molar-refractivity contribution >= 4 is 15.7 Å². The van der Waals surface area contributed by atoms with E-state index in [2.05, 4.69) is 14.9 Å². The molecular formula is C11H13N3O2S. The average molecular weight is 251 g/mol. The third-order valence-electron chi connectivity index (χ3n) is 2.27. The Morgan fingerprint density at radius 2 is 2.00 bits per heavy atom. The van der Waals surface area contributed by atoms with Gasteiger partial charge < -0.3 is 0 Å². The van der Waals surface area contributed by atoms with Crippen molar-refractivity contribution in [3.8, 4) is 0 Å². The van der Waals surface area contributed by atoms with E-state index in [1.807, 2.05) is 30.3 Å². The standard InChI is InChI=1S/C11H13N3O2S/c15-17(16,14-11-8-12-13-9-11)7-6-10-4-2-1-3-5-10/h1-5,8-9,14H,6-7H2,(H,12,13). The van der Waals surface area contributed by atoms with Crippen LogP contribution in [0.3, 0.4) is 0 Å². The minimum atomic E-state index is -3.31. The van der Waals surface area contributed by atoms with Crippen LogP contribution in [0.25, 0.3) is 0 Å². The number of H-pyrrole nitrogens is 1. The van der Waals surface area contributed by atoms with Gasteiger partial charge in [0, 0.05) is 6.20 Å². The van der Waals surface area contributed by atoms with Crippen LogP contribution in [0.5, 0.6) is 0 Å². The van der Waals surface area contributed by atoms with Gasteiger partial charge in [0.25, 0.3) is 0 Å². The predicted octanol–water partition coefficient (Wildman–Crippen LogP) is 1.39. The van der Waals surface area contributed by atoms with E-state index in [4.69, 9.17) is 0 Å². The average Bonchev–Trinajstić information content (AvgIpc) is 2.80. The van der Waals surface area contributed by atoms with E-state index in [-0.39, 0.29) is 5.75 Å². The second kappa shape index (κ2) is 5.01. The van der Waals surface area contributed by atoms with Crippen LogP contribution in [-0.2, 0) is 16.4 Å². The zero-order chi connectivity index (χ0) is 12.1. The molecule has 5 nitrogen and oxygen atoms in total. The number of anilines is 1. The largest absolute Gasteiger partial charge is 0.284 e. The van der Waals surface area contributed by atoms with Gasteiger partial charge in [-0.3, -0.25) is 9.82 Å². The molecule has 2 aromatic rings. The van der Waals surface area contributed by atoms with Gasteiger partial charge in [0.2, 0.25) is 10.0 Å². The number of nitrogens with zero attached hydrogens (tertiary/aromatic N) is 1. The second-order valence-corrected chi connectivity index (χ2v) is 5.49. The van der Waals surface area contributed by atoms with E-state index in [1.165, 1.54) is 12.4 Å². The molecule has 0 fully saturated rings. The Hall–Kier alpha value is -1.82. The molecule has 0 bridgehead atoms. The van der Waals surface area contributed by atoms with Gasteiger partial charge in [-0.15, -0.1) is 0 Å². The summed E-state index contributed by atoms with van der Waals surface area (Å²) >= 11 is 0. The SMILES string of the molecule is O=S(=O)(CCc1ccccc1)Nc1cn[nH]c1. The first-order valence-electron chi connectivity index (χ1n) is 5.19. The smallest absolute Gasteiger partial charge is 0.233 e. The minimum Gasteiger partial charge on any atom is -0.284 e. The molecule has 90 valence electrons. The van der Waals surface area contributed by atoms with E-state index >= 15 is 0 Å². The Labute approximate surface area is 99.9 Å². The molecule has 1 aromatic carbocycles. The van der Waals surface area contributed by atoms with Crippen LogP contribution in [0.1, 0.15) is 5.56 Å². The van der Waals surface area contributed by atoms with Crippen LogP contribution in [-0.4, -0.2) is 24.4 Å². The van der Waals surface area contributed by atoms with Crippen molar-refractivity contribution in [2.24, 2.45) is 0 Å². The normalized spacial score (nSPS) is 11.3. The maximum atomic E-state index is 11.7. The van der Waals surface area contributed by atoms with Gasteiger partial charge in [-0.05, 0) is 12.0 Å². The fourth-order valence-electron chi connectivity index (χ4n) is 1.43. The molecule has 6 heteroatoms. The summed E-state index contributed by atoms with van der Waals surface area (Å²) in [7, 11) is -3.31. The molecule has 0 saturated carbocycles. The third-order valence-corrected chi connectivity index (χ3v) is 3.56. The Balaban J connectivity index is 1.94. The zero-order valence-corrected chi connectivity index (χ0v) is 9.94. The lowest BCUT2D eigenvalue weighted by atomic mass is 10.2. The van der Waals surface area contributed by atoms with Crippen LogP contribution in [0.2, 0.25) is 0 Å². The Morgan fingerprint density at radius 3 is 2.65 bits per heavy atom. The molecule has 0 aliphatic rings. The summed E-state index contributed by atoms with van der Waals surface area (Å²) < 4.78 is 25.9. The molecule has 2 N–H and O–H groups in total. The van der Waals surface area contributed by atoms with Gasteiger partial charge in [0.1, 0.15) is 0 Å². The molecule has 0 aliphatic carbocycles. The van der Waals surface area contributed by atoms with Crippen LogP contribution < -0.4 is 4.72 Å². The number of aromatic amines is 1. The van der Waals surface area contributed by atoms with Gasteiger partial charge in [-0.2, -0.15) is 5.10 Å². The number of sulfonamides is 1. The van der Waals surface area contributed by atoms with Crippen molar-refractivity contribution in [2.45, 2.75) is 6.42 Å². The quantitative estimate of drug-likeness (QED) is 0.843. The lowest BCUT2D eigenvalue weighted by molar-refractivity contribution is 0.600. The Bertz CT molecular complexity index is 550. The predicted molar refractivity (Wildman–Crippen MR) is 66.1 cm³/mol. The molecule has 0 spiro atoms. The van der Waals surface area contributed by atoms with Gasteiger partial charge >= 0.3 is 0 Å². The molecule has 1 heterocycles. The lowest BCUT2D eigenvalue weighted by Crippen LogP contribution is -2.17. The molecule has 0 saturated heterocycles. The van der Waals surface area contributed by atoms with Gasteiger partial charge in [-0.25, -0.2) is 8.42 Å². The van der Waals surface area contributed by atoms with Crippen molar-refractivity contribution in [1.82, 2.24) is 10.2 Å². The summed E-state index contributed by atoms with van der Waals surface area (Å²) in [5.41, 5.74) is 1.46. The molecule has 0 aliphatic heterocycles. The number of aryl methyl sites for hydroxylation is 1. The van der Waals surface area contributed by atoms with Gasteiger partial charge in [-0.1, -0.05) is 30.3 Å². The van der Waals surface area contributed by atoms with Crippen LogP contribution in [0, 0.1) is 0 Å². The summed E-state index contributed by atoms with van der Waals surface area (Å²) in [4.78, 5) is 0. The van der Waals surface area contributed by atoms with Gasteiger partial charge in [0.15, 0.2) is 0 Å². The summed E-state index contributed by atoms with van der Waals surface area (Å²) in [6.45, 7) is 0. The number of rotatable bonds is 5. The van der Waals surface area contributed by atoms with E-state index < -0.39 is 10.0 Å². The minimum absolute atomic E-state index is 0.0577. The first-order valence-corrected chi connectivity index (χ1v) is 6.84. The monoisotopic (exact) mass is 251 g/mol. The van der Waals surface area contributed by atoms with Crippen LogP contribution >= 0.6 is 0 Å². The van der Waals surface area contributed by atoms with Gasteiger partial charge in [0.05, 0.1) is 17.6 Å². The molecule has 2 rings (SSSR count). The Kier molecular flexibility index (Phi) is 3.43. The summed E-state index contributed by atoms with van der Waals surface area (Å²) in [5, 5.41) is 6.22. The topological polar surface area (TPSA) is 74.8 Å². The fraction of sp³-hybridized carbons (Fsp3) is 0.182. The van der Waals surface area contributed by atoms with E-state index in [1.54, 1.807) is 0 Å². The number of benzene rings is 1. The highest BCUT2D eigenvalue weighted by molar-refractivity contribution is 7.92. The highest BCUT2D eigenvalue weighted by Gasteiger charge is 2.10. The second-order valence-electron chi connectivity index (χ2n) is 3.64. The first kappa shape index (κ1) is 11.7. The maximum Gasteiger partial charge on any atom is 0.233 e. The molecule has 17 heavy (non-hydrogen) atoms. The van der Waals surface area contributed by atoms with E-state index in [9.17, 15) is 8.42 Å². The molecule has 1 aromatic heterocycles. The number of nitrogens with one attached hydrogen (secondary N) is 2. The third kappa shape index (κ3) is 3.60. The number of hydrogen-bond acceptors (Lipinski definition) is 3. The van der Waals surface area contributed by atoms with Crippen molar-refractivity contribution < 1.29 is 8.42 Å². The van der Waals surface area contributed by atoms with Crippen LogP contribution in [0.15, 0.2) is 42.7 Å². The van der Waals surface area contributed by atoms with E-state index in [0.29, 0.717) is 12.1 Å². The molecular weight excluding hydrogens is 238 g/mol. The summed E-state index contributed by atoms with van der Waals surface area (Å²) in [6.07, 6.45) is 3.42. The fourth-order valence-corrected chi connectivity index (χ4v) is 2.51. The zero-order valence-electron chi connectivity index (χ0n) is 9.13. The van der Waals surface area contributed by atoms with E-state index in [0.717, 1.165) is 5.56 Å². The molecule has 0 amide bonds. The summed E-state index contributed by atoms with van der Waals surface area (Å²) in [6, 6.07) is 9.51. The first-order chi connectivity index (χ1) is 8.16. The lowest BCUT2D eigenvalue weighted by Gasteiger charge is -2.05.